The molecule has 2 aromatic rings. The van der Waals surface area contributed by atoms with Gasteiger partial charge in [0.2, 0.25) is 0 Å². The van der Waals surface area contributed by atoms with Gasteiger partial charge < -0.3 is 10.2 Å². The molecule has 244 valence electrons. The Morgan fingerprint density at radius 1 is 0.957 bits per heavy atom. The van der Waals surface area contributed by atoms with Gasteiger partial charge in [0.15, 0.2) is 28.7 Å². The largest absolute Gasteiger partial charge is 0.507 e. The van der Waals surface area contributed by atoms with Crippen LogP contribution in [-0.4, -0.2) is 50.5 Å². The van der Waals surface area contributed by atoms with Gasteiger partial charge in [-0.25, -0.2) is 0 Å². The summed E-state index contributed by atoms with van der Waals surface area (Å²) >= 11 is 0. The molecular formula is C38H44O8. The van der Waals surface area contributed by atoms with Gasteiger partial charge in [0.05, 0.1) is 11.5 Å². The van der Waals surface area contributed by atoms with Crippen LogP contribution in [0.25, 0.3) is 11.1 Å². The number of carbonyl (C=O) groups excluding carboxylic acids is 6. The average Bonchev–Trinajstić information content (AvgIpc) is 2.95. The molecule has 3 aliphatic carbocycles. The molecule has 2 saturated carbocycles. The SMILES string of the molecule is CCCC(=O)CCCc1ccc(-c2ccc(O)c3c2C[C@]2(C)C[C@]4(C)C(C(C)C)C(=O)C(C(C)=O)C(=O)[C@]4(O)C(=O)C2C3=O)cc1. The number of aliphatic hydroxyl groups is 1. The number of aromatic hydroxyl groups is 1. The first kappa shape index (κ1) is 33.6. The van der Waals surface area contributed by atoms with Crippen LogP contribution >= 0.6 is 0 Å². The minimum Gasteiger partial charge on any atom is -0.507 e. The lowest BCUT2D eigenvalue weighted by Gasteiger charge is -2.61. The van der Waals surface area contributed by atoms with Gasteiger partial charge >= 0.3 is 0 Å². The molecule has 2 fully saturated rings. The van der Waals surface area contributed by atoms with Crippen molar-refractivity contribution in [3.63, 3.8) is 0 Å². The summed E-state index contributed by atoms with van der Waals surface area (Å²) in [5, 5.41) is 23.1. The Kier molecular flexibility index (Phi) is 8.60. The van der Waals surface area contributed by atoms with Crippen LogP contribution in [0.5, 0.6) is 5.75 Å². The molecule has 2 N–H and O–H groups in total. The van der Waals surface area contributed by atoms with E-state index in [2.05, 4.69) is 0 Å². The summed E-state index contributed by atoms with van der Waals surface area (Å²) in [5.74, 6) is -8.79. The van der Waals surface area contributed by atoms with Crippen LogP contribution in [-0.2, 0) is 36.8 Å². The Balaban J connectivity index is 1.56. The molecule has 46 heavy (non-hydrogen) atoms. The van der Waals surface area contributed by atoms with E-state index in [-0.39, 0.29) is 29.9 Å². The quantitative estimate of drug-likeness (QED) is 0.349. The first-order valence-electron chi connectivity index (χ1n) is 16.4. The van der Waals surface area contributed by atoms with Gasteiger partial charge in [0.1, 0.15) is 23.2 Å². The molecule has 3 unspecified atom stereocenters. The van der Waals surface area contributed by atoms with Crippen LogP contribution in [0, 0.1) is 34.5 Å². The van der Waals surface area contributed by atoms with E-state index in [0.29, 0.717) is 18.4 Å². The number of hydrogen-bond donors (Lipinski definition) is 2. The first-order valence-corrected chi connectivity index (χ1v) is 16.4. The monoisotopic (exact) mass is 628 g/mol. The highest BCUT2D eigenvalue weighted by Crippen LogP contribution is 2.64. The third-order valence-electron chi connectivity index (χ3n) is 11.0. The lowest BCUT2D eigenvalue weighted by Crippen LogP contribution is -2.76. The summed E-state index contributed by atoms with van der Waals surface area (Å²) in [6, 6.07) is 11.0. The van der Waals surface area contributed by atoms with Crippen molar-refractivity contribution < 1.29 is 39.0 Å². The summed E-state index contributed by atoms with van der Waals surface area (Å²) in [5.41, 5.74) is -2.20. The number of rotatable bonds is 9. The summed E-state index contributed by atoms with van der Waals surface area (Å²) < 4.78 is 0. The Bertz CT molecular complexity index is 1650. The standard InChI is InChI=1S/C38H44O8/c1-7-9-24(40)11-8-10-22-12-14-23(15-13-22)25-16-17-27(41)29-26(25)18-36(5)19-37(6)30(20(2)3)32(42)28(21(4)39)34(44)38(37,46)35(45)31(36)33(29)43/h12-17,20,28,30-31,41,46H,7-11,18-19H2,1-6H3/t28?,30?,31?,36-,37-,38+/m1/s1. The fourth-order valence-electron chi connectivity index (χ4n) is 9.15. The summed E-state index contributed by atoms with van der Waals surface area (Å²) in [6.45, 7) is 9.98. The second kappa shape index (κ2) is 11.8. The number of Topliss-reactive ketones (excluding diaryl/α,β-unsaturated/α-hetero) is 6. The van der Waals surface area contributed by atoms with Gasteiger partial charge in [-0.15, -0.1) is 0 Å². The third-order valence-corrected chi connectivity index (χ3v) is 11.0. The number of phenols is 1. The highest BCUT2D eigenvalue weighted by molar-refractivity contribution is 6.32. The molecule has 0 aromatic heterocycles. The van der Waals surface area contributed by atoms with Crippen LogP contribution in [0.4, 0.5) is 0 Å². The fraction of sp³-hybridized carbons (Fsp3) is 0.526. The van der Waals surface area contributed by atoms with Crippen molar-refractivity contribution in [3.05, 3.63) is 53.1 Å². The van der Waals surface area contributed by atoms with Crippen molar-refractivity contribution in [1.82, 2.24) is 0 Å². The molecule has 3 aliphatic rings. The number of aryl methyl sites for hydroxylation is 1. The lowest BCUT2D eigenvalue weighted by atomic mass is 9.40. The van der Waals surface area contributed by atoms with Gasteiger partial charge in [0, 0.05) is 24.2 Å². The van der Waals surface area contributed by atoms with Gasteiger partial charge in [-0.2, -0.15) is 0 Å². The molecule has 0 saturated heterocycles. The molecule has 0 aliphatic heterocycles. The predicted molar refractivity (Wildman–Crippen MR) is 171 cm³/mol. The Hall–Kier alpha value is -3.78. The molecule has 0 amide bonds. The number of hydrogen-bond acceptors (Lipinski definition) is 8. The van der Waals surface area contributed by atoms with Crippen LogP contribution in [0.15, 0.2) is 36.4 Å². The second-order valence-corrected chi connectivity index (χ2v) is 14.7. The molecule has 6 atom stereocenters. The van der Waals surface area contributed by atoms with E-state index < -0.39 is 69.0 Å². The average molecular weight is 629 g/mol. The number of fused-ring (bicyclic) bond motifs is 3. The van der Waals surface area contributed by atoms with Crippen LogP contribution in [0.2, 0.25) is 0 Å². The minimum atomic E-state index is -2.71. The molecular weight excluding hydrogens is 584 g/mol. The number of carbonyl (C=O) groups is 6. The lowest BCUT2D eigenvalue weighted by molar-refractivity contribution is -0.205. The molecule has 0 radical (unpaired) electrons. The van der Waals surface area contributed by atoms with E-state index in [4.69, 9.17) is 0 Å². The van der Waals surface area contributed by atoms with Gasteiger partial charge in [-0.3, -0.25) is 28.8 Å². The highest BCUT2D eigenvalue weighted by atomic mass is 16.3. The molecule has 2 aromatic carbocycles. The predicted octanol–water partition coefficient (Wildman–Crippen LogP) is 5.45. The summed E-state index contributed by atoms with van der Waals surface area (Å²) in [7, 11) is 0. The molecule has 0 spiro atoms. The van der Waals surface area contributed by atoms with E-state index >= 15 is 0 Å². The van der Waals surface area contributed by atoms with Crippen LogP contribution < -0.4 is 0 Å². The first-order chi connectivity index (χ1) is 21.5. The smallest absolute Gasteiger partial charge is 0.190 e. The molecule has 0 bridgehead atoms. The maximum absolute atomic E-state index is 14.5. The Morgan fingerprint density at radius 2 is 1.61 bits per heavy atom. The van der Waals surface area contributed by atoms with Gasteiger partial charge in [-0.05, 0) is 78.7 Å². The topological polar surface area (TPSA) is 143 Å². The van der Waals surface area contributed by atoms with Gasteiger partial charge in [0.25, 0.3) is 0 Å². The van der Waals surface area contributed by atoms with Gasteiger partial charge in [-0.1, -0.05) is 65.0 Å². The molecule has 5 rings (SSSR count). The normalized spacial score (nSPS) is 30.6. The van der Waals surface area contributed by atoms with E-state index in [1.54, 1.807) is 33.8 Å². The van der Waals surface area contributed by atoms with Crippen molar-refractivity contribution in [2.75, 3.05) is 0 Å². The Morgan fingerprint density at radius 3 is 2.20 bits per heavy atom. The number of phenolic OH excluding ortho intramolecular Hbond substituents is 1. The van der Waals surface area contributed by atoms with E-state index in [1.807, 2.05) is 31.2 Å². The van der Waals surface area contributed by atoms with Crippen molar-refractivity contribution in [2.45, 2.75) is 92.1 Å². The summed E-state index contributed by atoms with van der Waals surface area (Å²) in [4.78, 5) is 80.8. The van der Waals surface area contributed by atoms with Crippen molar-refractivity contribution in [3.8, 4) is 16.9 Å². The fourth-order valence-corrected chi connectivity index (χ4v) is 9.15. The maximum Gasteiger partial charge on any atom is 0.190 e. The van der Waals surface area contributed by atoms with Crippen molar-refractivity contribution in [1.29, 1.82) is 0 Å². The maximum atomic E-state index is 14.5. The zero-order valence-electron chi connectivity index (χ0n) is 27.6. The third kappa shape index (κ3) is 4.91. The molecule has 8 heteroatoms. The van der Waals surface area contributed by atoms with E-state index in [0.717, 1.165) is 42.9 Å². The van der Waals surface area contributed by atoms with E-state index in [9.17, 15) is 39.0 Å². The number of benzene rings is 2. The second-order valence-electron chi connectivity index (χ2n) is 14.7. The van der Waals surface area contributed by atoms with Crippen LogP contribution in [0.3, 0.4) is 0 Å². The minimum absolute atomic E-state index is 0.00776. The number of ketones is 6. The van der Waals surface area contributed by atoms with E-state index in [1.165, 1.54) is 6.07 Å². The van der Waals surface area contributed by atoms with Crippen molar-refractivity contribution in [2.24, 2.45) is 34.5 Å². The zero-order valence-corrected chi connectivity index (χ0v) is 27.6. The summed E-state index contributed by atoms with van der Waals surface area (Å²) in [6.07, 6.45) is 3.69. The Labute approximate surface area is 270 Å². The van der Waals surface area contributed by atoms with Crippen LogP contribution in [0.1, 0.15) is 95.1 Å². The highest BCUT2D eigenvalue weighted by Gasteiger charge is 2.76. The van der Waals surface area contributed by atoms with Crippen molar-refractivity contribution >= 4 is 34.7 Å². The molecule has 0 heterocycles. The molecule has 8 nitrogen and oxygen atoms in total. The zero-order chi connectivity index (χ0) is 33.9.